The lowest BCUT2D eigenvalue weighted by Crippen LogP contribution is -2.47. The van der Waals surface area contributed by atoms with Crippen LogP contribution in [0.3, 0.4) is 0 Å². The second-order valence-electron chi connectivity index (χ2n) is 6.64. The summed E-state index contributed by atoms with van der Waals surface area (Å²) in [6.45, 7) is 3.78. The van der Waals surface area contributed by atoms with Gasteiger partial charge in [-0.3, -0.25) is 9.89 Å². The largest absolute Gasteiger partial charge is 0.338 e. The summed E-state index contributed by atoms with van der Waals surface area (Å²) in [7, 11) is 0. The van der Waals surface area contributed by atoms with Gasteiger partial charge < -0.3 is 10.2 Å². The van der Waals surface area contributed by atoms with Gasteiger partial charge in [-0.15, -0.1) is 12.4 Å². The Morgan fingerprint density at radius 3 is 2.88 bits per heavy atom. The Hall–Kier alpha value is -1.92. The molecule has 1 spiro atoms. The Balaban J connectivity index is 0.00000169. The zero-order valence-corrected chi connectivity index (χ0v) is 14.3. The van der Waals surface area contributed by atoms with E-state index in [2.05, 4.69) is 20.5 Å². The lowest BCUT2D eigenvalue weighted by molar-refractivity contribution is 0.0554. The molecule has 2 N–H and O–H groups in total. The third kappa shape index (κ3) is 3.03. The van der Waals surface area contributed by atoms with Gasteiger partial charge in [-0.25, -0.2) is 4.98 Å². The van der Waals surface area contributed by atoms with Crippen LogP contribution in [0.5, 0.6) is 0 Å². The monoisotopic (exact) mass is 347 g/mol. The molecule has 2 saturated heterocycles. The van der Waals surface area contributed by atoms with Gasteiger partial charge in [0.05, 0.1) is 5.56 Å². The van der Waals surface area contributed by atoms with E-state index < -0.39 is 0 Å². The summed E-state index contributed by atoms with van der Waals surface area (Å²) < 4.78 is 0. The van der Waals surface area contributed by atoms with E-state index in [1.807, 2.05) is 29.2 Å². The number of halogens is 1. The van der Waals surface area contributed by atoms with Crippen molar-refractivity contribution in [2.45, 2.75) is 19.3 Å². The molecule has 1 unspecified atom stereocenters. The number of piperidine rings is 1. The molecule has 0 radical (unpaired) electrons. The molecule has 2 aromatic rings. The Morgan fingerprint density at radius 1 is 1.25 bits per heavy atom. The number of likely N-dealkylation sites (tertiary alicyclic amines) is 1. The van der Waals surface area contributed by atoms with Crippen LogP contribution in [0, 0.1) is 5.41 Å². The number of benzene rings is 1. The van der Waals surface area contributed by atoms with Crippen LogP contribution in [0.25, 0.3) is 11.4 Å². The van der Waals surface area contributed by atoms with Gasteiger partial charge in [-0.05, 0) is 31.9 Å². The van der Waals surface area contributed by atoms with Crippen LogP contribution in [0.2, 0.25) is 0 Å². The average Bonchev–Trinajstić information content (AvgIpc) is 3.27. The van der Waals surface area contributed by atoms with E-state index in [-0.39, 0.29) is 23.7 Å². The van der Waals surface area contributed by atoms with Crippen LogP contribution < -0.4 is 5.32 Å². The van der Waals surface area contributed by atoms with Crippen LogP contribution in [0.15, 0.2) is 30.6 Å². The predicted octanol–water partition coefficient (Wildman–Crippen LogP) is 2.11. The highest BCUT2D eigenvalue weighted by Gasteiger charge is 2.39. The molecule has 2 fully saturated rings. The fourth-order valence-electron chi connectivity index (χ4n) is 3.91. The summed E-state index contributed by atoms with van der Waals surface area (Å²) in [5.74, 6) is 0.742. The van der Waals surface area contributed by atoms with Crippen LogP contribution in [0.4, 0.5) is 0 Å². The number of aromatic nitrogens is 3. The number of nitrogens with one attached hydrogen (secondary N) is 2. The maximum absolute atomic E-state index is 13.1. The molecule has 128 valence electrons. The maximum Gasteiger partial charge on any atom is 0.254 e. The number of carbonyl (C=O) groups is 1. The zero-order chi connectivity index (χ0) is 15.7. The van der Waals surface area contributed by atoms with E-state index in [9.17, 15) is 4.79 Å². The van der Waals surface area contributed by atoms with Gasteiger partial charge in [-0.2, -0.15) is 5.10 Å². The molecule has 6 nitrogen and oxygen atoms in total. The van der Waals surface area contributed by atoms with Gasteiger partial charge in [-0.1, -0.05) is 18.2 Å². The number of amides is 1. The number of nitrogens with zero attached hydrogens (tertiary/aromatic N) is 3. The highest BCUT2D eigenvalue weighted by Crippen LogP contribution is 2.36. The Labute approximate surface area is 147 Å². The van der Waals surface area contributed by atoms with Crippen molar-refractivity contribution in [3.63, 3.8) is 0 Å². The first-order valence-corrected chi connectivity index (χ1v) is 8.22. The van der Waals surface area contributed by atoms with Gasteiger partial charge in [0.25, 0.3) is 5.91 Å². The molecule has 1 atom stereocenters. The van der Waals surface area contributed by atoms with Gasteiger partial charge in [0.15, 0.2) is 5.82 Å². The van der Waals surface area contributed by atoms with Crippen molar-refractivity contribution in [2.24, 2.45) is 5.41 Å². The Bertz CT molecular complexity index is 697. The summed E-state index contributed by atoms with van der Waals surface area (Å²) in [5.41, 5.74) is 1.79. The van der Waals surface area contributed by atoms with E-state index in [1.54, 1.807) is 0 Å². The van der Waals surface area contributed by atoms with E-state index in [0.29, 0.717) is 11.4 Å². The lowest BCUT2D eigenvalue weighted by atomic mass is 9.79. The Morgan fingerprint density at radius 2 is 2.12 bits per heavy atom. The quantitative estimate of drug-likeness (QED) is 0.872. The third-order valence-corrected chi connectivity index (χ3v) is 5.11. The minimum Gasteiger partial charge on any atom is -0.338 e. The summed E-state index contributed by atoms with van der Waals surface area (Å²) >= 11 is 0. The van der Waals surface area contributed by atoms with Crippen LogP contribution in [-0.2, 0) is 0 Å². The molecule has 0 bridgehead atoms. The molecule has 7 heteroatoms. The van der Waals surface area contributed by atoms with Crippen molar-refractivity contribution < 1.29 is 4.79 Å². The SMILES string of the molecule is Cl.O=C(c1ccccc1-c1ncn[nH]1)N1CCCC2(CCNC2)C1. The smallest absolute Gasteiger partial charge is 0.254 e. The van der Waals surface area contributed by atoms with E-state index in [4.69, 9.17) is 0 Å². The second-order valence-corrected chi connectivity index (χ2v) is 6.64. The van der Waals surface area contributed by atoms with Gasteiger partial charge in [0, 0.05) is 30.6 Å². The molecule has 0 aliphatic carbocycles. The predicted molar refractivity (Wildman–Crippen MR) is 94.1 cm³/mol. The lowest BCUT2D eigenvalue weighted by Gasteiger charge is -2.40. The molecule has 1 aromatic heterocycles. The minimum absolute atomic E-state index is 0. The fourth-order valence-corrected chi connectivity index (χ4v) is 3.91. The summed E-state index contributed by atoms with van der Waals surface area (Å²) in [6.07, 6.45) is 4.93. The van der Waals surface area contributed by atoms with Crippen molar-refractivity contribution in [2.75, 3.05) is 26.2 Å². The first-order chi connectivity index (χ1) is 11.3. The maximum atomic E-state index is 13.1. The van der Waals surface area contributed by atoms with Crippen LogP contribution >= 0.6 is 12.4 Å². The van der Waals surface area contributed by atoms with Crippen molar-refractivity contribution in [3.8, 4) is 11.4 Å². The second kappa shape index (κ2) is 6.91. The highest BCUT2D eigenvalue weighted by atomic mass is 35.5. The number of hydrogen-bond acceptors (Lipinski definition) is 4. The molecule has 24 heavy (non-hydrogen) atoms. The first kappa shape index (κ1) is 16.9. The van der Waals surface area contributed by atoms with Gasteiger partial charge in [0.1, 0.15) is 6.33 Å². The topological polar surface area (TPSA) is 73.9 Å². The third-order valence-electron chi connectivity index (χ3n) is 5.11. The van der Waals surface area contributed by atoms with Crippen molar-refractivity contribution in [1.82, 2.24) is 25.4 Å². The van der Waals surface area contributed by atoms with Crippen molar-refractivity contribution in [1.29, 1.82) is 0 Å². The molecule has 2 aliphatic heterocycles. The Kier molecular flexibility index (Phi) is 4.87. The normalized spacial score (nSPS) is 23.2. The van der Waals surface area contributed by atoms with Crippen molar-refractivity contribution in [3.05, 3.63) is 36.2 Å². The fraction of sp³-hybridized carbons (Fsp3) is 0.471. The highest BCUT2D eigenvalue weighted by molar-refractivity contribution is 6.00. The number of H-pyrrole nitrogens is 1. The average molecular weight is 348 g/mol. The summed E-state index contributed by atoms with van der Waals surface area (Å²) in [6, 6.07) is 7.64. The molecular formula is C17H22ClN5O. The molecule has 1 aromatic carbocycles. The number of hydrogen-bond donors (Lipinski definition) is 2. The van der Waals surface area contributed by atoms with Gasteiger partial charge >= 0.3 is 0 Å². The number of rotatable bonds is 2. The number of carbonyl (C=O) groups excluding carboxylic acids is 1. The van der Waals surface area contributed by atoms with Crippen LogP contribution in [0.1, 0.15) is 29.6 Å². The minimum atomic E-state index is 0. The van der Waals surface area contributed by atoms with E-state index in [1.165, 1.54) is 19.2 Å². The number of aromatic amines is 1. The van der Waals surface area contributed by atoms with E-state index >= 15 is 0 Å². The molecule has 0 saturated carbocycles. The molecular weight excluding hydrogens is 326 g/mol. The first-order valence-electron chi connectivity index (χ1n) is 8.22. The van der Waals surface area contributed by atoms with Crippen molar-refractivity contribution >= 4 is 18.3 Å². The molecule has 3 heterocycles. The molecule has 1 amide bonds. The zero-order valence-electron chi connectivity index (χ0n) is 13.5. The molecule has 4 rings (SSSR count). The molecule has 2 aliphatic rings. The van der Waals surface area contributed by atoms with E-state index in [0.717, 1.165) is 38.2 Å². The summed E-state index contributed by atoms with van der Waals surface area (Å²) in [5, 5.41) is 10.2. The standard InChI is InChI=1S/C17H21N5O.ClH/c23-16(22-9-3-6-17(11-22)7-8-18-10-17)14-5-2-1-4-13(14)15-19-12-20-21-15;/h1-2,4-5,12,18H,3,6-11H2,(H,19,20,21);1H. The van der Waals surface area contributed by atoms with Crippen LogP contribution in [-0.4, -0.2) is 52.2 Å². The summed E-state index contributed by atoms with van der Waals surface area (Å²) in [4.78, 5) is 19.3. The van der Waals surface area contributed by atoms with Gasteiger partial charge in [0.2, 0.25) is 0 Å².